The normalized spacial score (nSPS) is 28.7. The van der Waals surface area contributed by atoms with Gasteiger partial charge in [0, 0.05) is 19.0 Å². The number of aliphatic hydroxyl groups is 1. The zero-order chi connectivity index (χ0) is 10.7. The molecule has 2 rings (SSSR count). The highest BCUT2D eigenvalue weighted by Crippen LogP contribution is 2.35. The van der Waals surface area contributed by atoms with Gasteiger partial charge in [-0.3, -0.25) is 9.97 Å². The maximum atomic E-state index is 10.2. The average molecular weight is 208 g/mol. The molecule has 15 heavy (non-hydrogen) atoms. The number of ether oxygens (including phenoxy) is 1. The molecule has 1 aromatic rings. The molecule has 1 N–H and O–H groups in total. The van der Waals surface area contributed by atoms with Gasteiger partial charge in [-0.2, -0.15) is 0 Å². The summed E-state index contributed by atoms with van der Waals surface area (Å²) in [5.41, 5.74) is 0.0794. The fourth-order valence-electron chi connectivity index (χ4n) is 1.94. The lowest BCUT2D eigenvalue weighted by molar-refractivity contribution is -0.139. The van der Waals surface area contributed by atoms with Crippen molar-refractivity contribution in [1.82, 2.24) is 9.97 Å². The molecule has 1 fully saturated rings. The first-order valence-corrected chi connectivity index (χ1v) is 5.30. The molecule has 0 spiro atoms. The second-order valence-electron chi connectivity index (χ2n) is 4.15. The molecule has 0 radical (unpaired) electrons. The van der Waals surface area contributed by atoms with E-state index in [1.54, 1.807) is 18.6 Å². The van der Waals surface area contributed by atoms with Crippen molar-refractivity contribution in [2.75, 3.05) is 6.61 Å². The minimum Gasteiger partial charge on any atom is -0.384 e. The van der Waals surface area contributed by atoms with Gasteiger partial charge in [0.1, 0.15) is 6.10 Å². The largest absolute Gasteiger partial charge is 0.384 e. The van der Waals surface area contributed by atoms with Crippen molar-refractivity contribution in [2.24, 2.45) is 0 Å². The Labute approximate surface area is 89.3 Å². The summed E-state index contributed by atoms with van der Waals surface area (Å²) in [6.45, 7) is 2.65. The van der Waals surface area contributed by atoms with E-state index in [1.165, 1.54) is 0 Å². The van der Waals surface area contributed by atoms with Crippen molar-refractivity contribution in [3.63, 3.8) is 0 Å². The Hall–Kier alpha value is -1.00. The predicted octanol–water partition coefficient (Wildman–Crippen LogP) is 1.47. The first kappa shape index (κ1) is 10.5. The second kappa shape index (κ2) is 4.24. The number of rotatable bonds is 2. The third kappa shape index (κ3) is 2.16. The number of aromatic nitrogens is 2. The maximum absolute atomic E-state index is 10.2. The van der Waals surface area contributed by atoms with E-state index in [0.717, 1.165) is 19.3 Å². The summed E-state index contributed by atoms with van der Waals surface area (Å²) in [7, 11) is 0. The highest BCUT2D eigenvalue weighted by Gasteiger charge is 2.37. The minimum atomic E-state index is -0.688. The fraction of sp³-hybridized carbons (Fsp3) is 0.636. The molecule has 82 valence electrons. The summed E-state index contributed by atoms with van der Waals surface area (Å²) in [4.78, 5) is 8.06. The molecule has 4 heteroatoms. The van der Waals surface area contributed by atoms with E-state index in [0.29, 0.717) is 12.3 Å². The lowest BCUT2D eigenvalue weighted by Crippen LogP contribution is -2.39. The molecule has 1 aromatic heterocycles. The van der Waals surface area contributed by atoms with Crippen molar-refractivity contribution in [2.45, 2.75) is 37.9 Å². The monoisotopic (exact) mass is 208 g/mol. The van der Waals surface area contributed by atoms with E-state index in [1.807, 2.05) is 6.92 Å². The first-order chi connectivity index (χ1) is 7.22. The van der Waals surface area contributed by atoms with Crippen LogP contribution in [0.3, 0.4) is 0 Å². The first-order valence-electron chi connectivity index (χ1n) is 5.30. The van der Waals surface area contributed by atoms with Crippen LogP contribution in [0, 0.1) is 0 Å². The van der Waals surface area contributed by atoms with Crippen molar-refractivity contribution >= 4 is 0 Å². The Bertz CT molecular complexity index is 310. The molecule has 1 aliphatic rings. The molecule has 2 heterocycles. The topological polar surface area (TPSA) is 55.2 Å². The number of nitrogens with zero attached hydrogens (tertiary/aromatic N) is 2. The molecule has 0 amide bonds. The van der Waals surface area contributed by atoms with Crippen LogP contribution in [0.1, 0.15) is 38.0 Å². The summed E-state index contributed by atoms with van der Waals surface area (Å²) in [6, 6.07) is 0. The van der Waals surface area contributed by atoms with Crippen LogP contribution in [0.2, 0.25) is 0 Å². The van der Waals surface area contributed by atoms with E-state index in [2.05, 4.69) is 9.97 Å². The molecule has 0 bridgehead atoms. The molecule has 1 saturated heterocycles. The minimum absolute atomic E-state index is 0.506. The zero-order valence-electron chi connectivity index (χ0n) is 8.89. The Morgan fingerprint density at radius 1 is 1.47 bits per heavy atom. The van der Waals surface area contributed by atoms with E-state index < -0.39 is 11.7 Å². The smallest absolute Gasteiger partial charge is 0.126 e. The highest BCUT2D eigenvalue weighted by molar-refractivity contribution is 5.06. The molecule has 4 nitrogen and oxygen atoms in total. The Morgan fingerprint density at radius 3 is 2.93 bits per heavy atom. The second-order valence-corrected chi connectivity index (χ2v) is 4.15. The van der Waals surface area contributed by atoms with E-state index in [9.17, 15) is 5.11 Å². The average Bonchev–Trinajstić information content (AvgIpc) is 2.30. The van der Waals surface area contributed by atoms with Gasteiger partial charge >= 0.3 is 0 Å². The fourth-order valence-corrected chi connectivity index (χ4v) is 1.94. The van der Waals surface area contributed by atoms with Crippen LogP contribution in [0.15, 0.2) is 18.6 Å². The summed E-state index contributed by atoms with van der Waals surface area (Å²) in [5, 5.41) is 10.2. The molecular formula is C11H16N2O2. The lowest BCUT2D eigenvalue weighted by Gasteiger charge is -2.37. The van der Waals surface area contributed by atoms with Crippen LogP contribution < -0.4 is 0 Å². The van der Waals surface area contributed by atoms with Crippen LogP contribution in [-0.4, -0.2) is 27.3 Å². The van der Waals surface area contributed by atoms with Gasteiger partial charge in [0.15, 0.2) is 0 Å². The van der Waals surface area contributed by atoms with Gasteiger partial charge in [0.05, 0.1) is 17.5 Å². The third-order valence-corrected chi connectivity index (χ3v) is 2.94. The molecular weight excluding hydrogens is 192 g/mol. The highest BCUT2D eigenvalue weighted by atomic mass is 16.5. The van der Waals surface area contributed by atoms with E-state index in [4.69, 9.17) is 4.74 Å². The van der Waals surface area contributed by atoms with Gasteiger partial charge in [-0.1, -0.05) is 0 Å². The van der Waals surface area contributed by atoms with Gasteiger partial charge < -0.3 is 9.84 Å². The Balaban J connectivity index is 2.16. The van der Waals surface area contributed by atoms with Crippen LogP contribution in [-0.2, 0) is 4.74 Å². The predicted molar refractivity (Wildman–Crippen MR) is 55.2 cm³/mol. The summed E-state index contributed by atoms with van der Waals surface area (Å²) >= 11 is 0. The molecule has 2 atom stereocenters. The Kier molecular flexibility index (Phi) is 2.98. The van der Waals surface area contributed by atoms with Crippen molar-refractivity contribution in [3.8, 4) is 0 Å². The van der Waals surface area contributed by atoms with Crippen molar-refractivity contribution < 1.29 is 9.84 Å². The summed E-state index contributed by atoms with van der Waals surface area (Å²) in [5.74, 6) is 0. The van der Waals surface area contributed by atoms with Crippen LogP contribution >= 0.6 is 0 Å². The van der Waals surface area contributed by atoms with Crippen LogP contribution in [0.5, 0.6) is 0 Å². The van der Waals surface area contributed by atoms with Gasteiger partial charge in [0.2, 0.25) is 0 Å². The maximum Gasteiger partial charge on any atom is 0.126 e. The standard InChI is InChI=1S/C11H16N2O2/c1-11(4-2-3-7-15-11)10(14)9-8-12-5-6-13-9/h5-6,8,10,14H,2-4,7H2,1H3. The van der Waals surface area contributed by atoms with Crippen LogP contribution in [0.25, 0.3) is 0 Å². The van der Waals surface area contributed by atoms with E-state index >= 15 is 0 Å². The van der Waals surface area contributed by atoms with E-state index in [-0.39, 0.29) is 0 Å². The zero-order valence-corrected chi connectivity index (χ0v) is 8.89. The summed E-state index contributed by atoms with van der Waals surface area (Å²) in [6.07, 6.45) is 7.12. The number of hydrogen-bond donors (Lipinski definition) is 1. The molecule has 1 aliphatic heterocycles. The summed E-state index contributed by atoms with van der Waals surface area (Å²) < 4.78 is 5.66. The molecule has 0 aliphatic carbocycles. The SMILES string of the molecule is CC1(C(O)c2cnccn2)CCCCO1. The molecule has 0 saturated carbocycles. The van der Waals surface area contributed by atoms with Crippen LogP contribution in [0.4, 0.5) is 0 Å². The number of hydrogen-bond acceptors (Lipinski definition) is 4. The van der Waals surface area contributed by atoms with Gasteiger partial charge in [-0.05, 0) is 26.2 Å². The molecule has 0 aromatic carbocycles. The van der Waals surface area contributed by atoms with Crippen molar-refractivity contribution in [3.05, 3.63) is 24.3 Å². The third-order valence-electron chi connectivity index (χ3n) is 2.94. The van der Waals surface area contributed by atoms with Gasteiger partial charge in [-0.25, -0.2) is 0 Å². The molecule has 2 unspecified atom stereocenters. The Morgan fingerprint density at radius 2 is 2.33 bits per heavy atom. The quantitative estimate of drug-likeness (QED) is 0.799. The number of aliphatic hydroxyl groups excluding tert-OH is 1. The van der Waals surface area contributed by atoms with Gasteiger partial charge in [-0.15, -0.1) is 0 Å². The van der Waals surface area contributed by atoms with Crippen molar-refractivity contribution in [1.29, 1.82) is 0 Å². The van der Waals surface area contributed by atoms with Gasteiger partial charge in [0.25, 0.3) is 0 Å². The lowest BCUT2D eigenvalue weighted by atomic mass is 9.88.